The molecule has 0 amide bonds. The van der Waals surface area contributed by atoms with Crippen LogP contribution in [-0.4, -0.2) is 30.1 Å². The Kier molecular flexibility index (Phi) is 3.80. The number of hydrogen-bond donors (Lipinski definition) is 1. The molecule has 1 aliphatic heterocycles. The first-order valence-corrected chi connectivity index (χ1v) is 7.55. The van der Waals surface area contributed by atoms with Gasteiger partial charge in [-0.1, -0.05) is 19.3 Å². The zero-order valence-electron chi connectivity index (χ0n) is 12.0. The average Bonchev–Trinajstić information content (AvgIpc) is 2.48. The number of benzene rings is 1. The molecule has 1 saturated heterocycles. The molecule has 0 bridgehead atoms. The smallest absolute Gasteiger partial charge is 0.292 e. The van der Waals surface area contributed by atoms with Crippen LogP contribution in [0.5, 0.6) is 0 Å². The molecule has 0 unspecified atom stereocenters. The summed E-state index contributed by atoms with van der Waals surface area (Å²) in [5.74, 6) is -0.417. The van der Waals surface area contributed by atoms with Crippen LogP contribution in [0.15, 0.2) is 18.2 Å². The van der Waals surface area contributed by atoms with E-state index < -0.39 is 10.7 Å². The van der Waals surface area contributed by atoms with E-state index in [1.807, 2.05) is 0 Å². The second-order valence-electron chi connectivity index (χ2n) is 6.00. The largest absolute Gasteiger partial charge is 0.358 e. The van der Waals surface area contributed by atoms with E-state index in [9.17, 15) is 14.5 Å². The van der Waals surface area contributed by atoms with Gasteiger partial charge in [0.15, 0.2) is 0 Å². The SMILES string of the molecule is O=[N+]([O-])c1ccc(F)cc1N1CCNCC12CCCCC2. The minimum atomic E-state index is -0.417. The van der Waals surface area contributed by atoms with Gasteiger partial charge in [0.25, 0.3) is 5.69 Å². The summed E-state index contributed by atoms with van der Waals surface area (Å²) < 4.78 is 13.7. The highest BCUT2D eigenvalue weighted by molar-refractivity contribution is 5.65. The van der Waals surface area contributed by atoms with E-state index in [2.05, 4.69) is 10.2 Å². The summed E-state index contributed by atoms with van der Waals surface area (Å²) in [5.41, 5.74) is 0.335. The third kappa shape index (κ3) is 2.60. The maximum Gasteiger partial charge on any atom is 0.292 e. The second kappa shape index (κ2) is 5.60. The molecule has 5 nitrogen and oxygen atoms in total. The quantitative estimate of drug-likeness (QED) is 0.673. The highest BCUT2D eigenvalue weighted by Crippen LogP contribution is 2.41. The Morgan fingerprint density at radius 1 is 1.29 bits per heavy atom. The average molecular weight is 293 g/mol. The minimum absolute atomic E-state index is 0.00301. The molecule has 1 heterocycles. The predicted octanol–water partition coefficient (Wildman–Crippen LogP) is 2.85. The summed E-state index contributed by atoms with van der Waals surface area (Å²) >= 11 is 0. The van der Waals surface area contributed by atoms with E-state index in [1.54, 1.807) is 0 Å². The summed E-state index contributed by atoms with van der Waals surface area (Å²) in [6.45, 7) is 2.28. The molecular weight excluding hydrogens is 273 g/mol. The fraction of sp³-hybridized carbons (Fsp3) is 0.600. The molecule has 2 fully saturated rings. The molecule has 6 heteroatoms. The Bertz CT molecular complexity index is 535. The molecule has 114 valence electrons. The molecule has 1 N–H and O–H groups in total. The highest BCUT2D eigenvalue weighted by Gasteiger charge is 2.42. The molecule has 1 saturated carbocycles. The van der Waals surface area contributed by atoms with Crippen molar-refractivity contribution in [1.82, 2.24) is 5.32 Å². The summed E-state index contributed by atoms with van der Waals surface area (Å²) in [4.78, 5) is 13.0. The number of nitro groups is 1. The van der Waals surface area contributed by atoms with E-state index in [0.29, 0.717) is 12.2 Å². The maximum atomic E-state index is 13.7. The number of halogens is 1. The van der Waals surface area contributed by atoms with Gasteiger partial charge in [-0.2, -0.15) is 0 Å². The first-order valence-electron chi connectivity index (χ1n) is 7.55. The molecule has 2 aliphatic rings. The van der Waals surface area contributed by atoms with Crippen molar-refractivity contribution in [2.24, 2.45) is 0 Å². The van der Waals surface area contributed by atoms with Crippen LogP contribution in [-0.2, 0) is 0 Å². The lowest BCUT2D eigenvalue weighted by molar-refractivity contribution is -0.384. The van der Waals surface area contributed by atoms with E-state index in [-0.39, 0.29) is 11.2 Å². The summed E-state index contributed by atoms with van der Waals surface area (Å²) in [6, 6.07) is 3.76. The van der Waals surface area contributed by atoms with Crippen molar-refractivity contribution in [3.63, 3.8) is 0 Å². The zero-order chi connectivity index (χ0) is 14.9. The Labute approximate surface area is 123 Å². The normalized spacial score (nSPS) is 21.5. The molecule has 0 aromatic heterocycles. The first kappa shape index (κ1) is 14.3. The van der Waals surface area contributed by atoms with Crippen molar-refractivity contribution in [3.8, 4) is 0 Å². The number of nitrogens with one attached hydrogen (secondary N) is 1. The Morgan fingerprint density at radius 3 is 2.76 bits per heavy atom. The van der Waals surface area contributed by atoms with Gasteiger partial charge in [0.2, 0.25) is 0 Å². The van der Waals surface area contributed by atoms with E-state index in [0.717, 1.165) is 44.8 Å². The lowest BCUT2D eigenvalue weighted by atomic mass is 9.78. The molecule has 1 aromatic carbocycles. The summed E-state index contributed by atoms with van der Waals surface area (Å²) in [6.07, 6.45) is 5.48. The fourth-order valence-corrected chi connectivity index (χ4v) is 3.74. The van der Waals surface area contributed by atoms with Gasteiger partial charge >= 0.3 is 0 Å². The molecular formula is C15H20FN3O2. The Morgan fingerprint density at radius 2 is 2.05 bits per heavy atom. The lowest BCUT2D eigenvalue weighted by Crippen LogP contribution is -2.62. The standard InChI is InChI=1S/C15H20FN3O2/c16-12-4-5-13(19(20)21)14(10-12)18-9-8-17-11-15(18)6-2-1-3-7-15/h4-5,10,17H,1-3,6-9,11H2. The Hall–Kier alpha value is -1.69. The molecule has 1 aromatic rings. The predicted molar refractivity (Wildman–Crippen MR) is 79.1 cm³/mol. The van der Waals surface area contributed by atoms with Crippen LogP contribution in [0.3, 0.4) is 0 Å². The van der Waals surface area contributed by atoms with Crippen LogP contribution in [0.2, 0.25) is 0 Å². The van der Waals surface area contributed by atoms with Gasteiger partial charge in [-0.05, 0) is 18.9 Å². The van der Waals surface area contributed by atoms with Crippen molar-refractivity contribution in [2.75, 3.05) is 24.5 Å². The van der Waals surface area contributed by atoms with Gasteiger partial charge in [-0.15, -0.1) is 0 Å². The minimum Gasteiger partial charge on any atom is -0.358 e. The number of nitrogens with zero attached hydrogens (tertiary/aromatic N) is 2. The van der Waals surface area contributed by atoms with Gasteiger partial charge in [-0.25, -0.2) is 4.39 Å². The van der Waals surface area contributed by atoms with Crippen molar-refractivity contribution in [3.05, 3.63) is 34.1 Å². The van der Waals surface area contributed by atoms with E-state index in [1.165, 1.54) is 18.6 Å². The van der Waals surface area contributed by atoms with Crippen LogP contribution >= 0.6 is 0 Å². The van der Waals surface area contributed by atoms with Gasteiger partial charge in [0.05, 0.1) is 10.5 Å². The van der Waals surface area contributed by atoms with Crippen LogP contribution in [0.25, 0.3) is 0 Å². The van der Waals surface area contributed by atoms with Crippen molar-refractivity contribution in [1.29, 1.82) is 0 Å². The lowest BCUT2D eigenvalue weighted by Gasteiger charge is -2.50. The number of nitro benzene ring substituents is 1. The Balaban J connectivity index is 2.04. The number of piperazine rings is 1. The number of rotatable bonds is 2. The molecule has 3 rings (SSSR count). The van der Waals surface area contributed by atoms with Crippen LogP contribution < -0.4 is 10.2 Å². The summed E-state index contributed by atoms with van der Waals surface area (Å²) in [5, 5.41) is 14.7. The van der Waals surface area contributed by atoms with Gasteiger partial charge in [0, 0.05) is 31.8 Å². The van der Waals surface area contributed by atoms with E-state index in [4.69, 9.17) is 0 Å². The van der Waals surface area contributed by atoms with E-state index >= 15 is 0 Å². The zero-order valence-corrected chi connectivity index (χ0v) is 12.0. The summed E-state index contributed by atoms with van der Waals surface area (Å²) in [7, 11) is 0. The molecule has 1 spiro atoms. The topological polar surface area (TPSA) is 58.4 Å². The van der Waals surface area contributed by atoms with Crippen LogP contribution in [0, 0.1) is 15.9 Å². The van der Waals surface area contributed by atoms with Gasteiger partial charge < -0.3 is 10.2 Å². The molecule has 21 heavy (non-hydrogen) atoms. The second-order valence-corrected chi connectivity index (χ2v) is 6.00. The monoisotopic (exact) mass is 293 g/mol. The van der Waals surface area contributed by atoms with Crippen LogP contribution in [0.1, 0.15) is 32.1 Å². The van der Waals surface area contributed by atoms with Crippen molar-refractivity contribution in [2.45, 2.75) is 37.6 Å². The third-order valence-electron chi connectivity index (χ3n) is 4.75. The van der Waals surface area contributed by atoms with Gasteiger partial charge in [0.1, 0.15) is 11.5 Å². The van der Waals surface area contributed by atoms with Crippen molar-refractivity contribution >= 4 is 11.4 Å². The number of hydrogen-bond acceptors (Lipinski definition) is 4. The number of anilines is 1. The molecule has 0 radical (unpaired) electrons. The van der Waals surface area contributed by atoms with Crippen molar-refractivity contribution < 1.29 is 9.31 Å². The highest BCUT2D eigenvalue weighted by atomic mass is 19.1. The molecule has 0 atom stereocenters. The maximum absolute atomic E-state index is 13.7. The van der Waals surface area contributed by atoms with Gasteiger partial charge in [-0.3, -0.25) is 10.1 Å². The van der Waals surface area contributed by atoms with Crippen LogP contribution in [0.4, 0.5) is 15.8 Å². The third-order valence-corrected chi connectivity index (χ3v) is 4.75. The fourth-order valence-electron chi connectivity index (χ4n) is 3.74. The first-order chi connectivity index (χ1) is 10.1. The molecule has 1 aliphatic carbocycles.